The van der Waals surface area contributed by atoms with Gasteiger partial charge in [-0.15, -0.1) is 11.3 Å². The molecule has 3 aromatic carbocycles. The summed E-state index contributed by atoms with van der Waals surface area (Å²) >= 11 is 1.28. The summed E-state index contributed by atoms with van der Waals surface area (Å²) in [5.74, 6) is -0.251. The van der Waals surface area contributed by atoms with Gasteiger partial charge in [-0.05, 0) is 85.5 Å². The van der Waals surface area contributed by atoms with E-state index in [2.05, 4.69) is 5.32 Å². The molecule has 1 heterocycles. The molecule has 1 N–H and O–H groups in total. The van der Waals surface area contributed by atoms with Crippen molar-refractivity contribution in [1.82, 2.24) is 0 Å². The van der Waals surface area contributed by atoms with Crippen molar-refractivity contribution in [2.45, 2.75) is 18.7 Å². The predicted molar refractivity (Wildman–Crippen MR) is 152 cm³/mol. The Labute approximate surface area is 231 Å². The van der Waals surface area contributed by atoms with E-state index in [-0.39, 0.29) is 16.3 Å². The van der Waals surface area contributed by atoms with Gasteiger partial charge in [0.05, 0.1) is 26.5 Å². The first-order valence-electron chi connectivity index (χ1n) is 12.0. The number of nitrogens with zero attached hydrogens (tertiary/aromatic N) is 1. The third-order valence-electron chi connectivity index (χ3n) is 5.80. The molecule has 11 heteroatoms. The highest BCUT2D eigenvalue weighted by Gasteiger charge is 2.30. The largest absolute Gasteiger partial charge is 0.495 e. The average Bonchev–Trinajstić information content (AvgIpc) is 3.35. The van der Waals surface area contributed by atoms with E-state index in [0.29, 0.717) is 22.9 Å². The maximum Gasteiger partial charge on any atom is 0.348 e. The standard InChI is InChI=1S/C28H28N2O7S2/c1-5-37-22-10-8-21(9-11-22)30(39(33,34)26-14-18(2)6-12-23(26)35-3)17-27(31)29-20-7-13-24-19(15-20)16-25(38-24)28(32)36-4/h6-16H,5,17H2,1-4H3,(H,29,31). The molecule has 0 atom stereocenters. The lowest BCUT2D eigenvalue weighted by molar-refractivity contribution is -0.114. The number of thiophene rings is 1. The van der Waals surface area contributed by atoms with Crippen LogP contribution in [0.3, 0.4) is 0 Å². The Morgan fingerprint density at radius 3 is 2.38 bits per heavy atom. The van der Waals surface area contributed by atoms with E-state index < -0.39 is 28.4 Å². The van der Waals surface area contributed by atoms with E-state index in [1.165, 1.54) is 31.6 Å². The van der Waals surface area contributed by atoms with Crippen LogP contribution >= 0.6 is 11.3 Å². The van der Waals surface area contributed by atoms with Crippen molar-refractivity contribution >= 4 is 54.7 Å². The molecule has 0 aliphatic heterocycles. The molecule has 4 rings (SSSR count). The zero-order valence-corrected chi connectivity index (χ0v) is 23.5. The minimum absolute atomic E-state index is 0.0540. The number of nitrogens with one attached hydrogen (secondary N) is 1. The van der Waals surface area contributed by atoms with Crippen LogP contribution in [0.4, 0.5) is 11.4 Å². The van der Waals surface area contributed by atoms with Gasteiger partial charge in [0.15, 0.2) is 0 Å². The number of hydrogen-bond acceptors (Lipinski definition) is 8. The minimum atomic E-state index is -4.22. The number of aryl methyl sites for hydroxylation is 1. The summed E-state index contributed by atoms with van der Waals surface area (Å²) in [6.07, 6.45) is 0. The summed E-state index contributed by atoms with van der Waals surface area (Å²) in [5.41, 5.74) is 1.47. The van der Waals surface area contributed by atoms with Crippen molar-refractivity contribution in [3.63, 3.8) is 0 Å². The first kappa shape index (κ1) is 27.9. The number of carbonyl (C=O) groups is 2. The second-order valence-corrected chi connectivity index (χ2v) is 11.4. The van der Waals surface area contributed by atoms with Crippen molar-refractivity contribution < 1.29 is 32.2 Å². The molecule has 204 valence electrons. The number of hydrogen-bond donors (Lipinski definition) is 1. The fourth-order valence-electron chi connectivity index (χ4n) is 3.95. The van der Waals surface area contributed by atoms with Gasteiger partial charge in [0.2, 0.25) is 5.91 Å². The predicted octanol–water partition coefficient (Wildman–Crippen LogP) is 5.24. The monoisotopic (exact) mass is 568 g/mol. The van der Waals surface area contributed by atoms with Crippen LogP contribution < -0.4 is 19.1 Å². The third-order valence-corrected chi connectivity index (χ3v) is 8.69. The van der Waals surface area contributed by atoms with Crippen LogP contribution in [0.5, 0.6) is 11.5 Å². The quantitative estimate of drug-likeness (QED) is 0.261. The number of methoxy groups -OCH3 is 2. The topological polar surface area (TPSA) is 111 Å². The summed E-state index contributed by atoms with van der Waals surface area (Å²) in [5, 5.41) is 3.52. The average molecular weight is 569 g/mol. The van der Waals surface area contributed by atoms with Gasteiger partial charge in [-0.3, -0.25) is 9.10 Å². The lowest BCUT2D eigenvalue weighted by Crippen LogP contribution is -2.38. The van der Waals surface area contributed by atoms with Gasteiger partial charge in [-0.1, -0.05) is 6.07 Å². The van der Waals surface area contributed by atoms with E-state index in [1.807, 2.05) is 6.92 Å². The summed E-state index contributed by atoms with van der Waals surface area (Å²) in [7, 11) is -1.51. The molecule has 9 nitrogen and oxygen atoms in total. The lowest BCUT2D eigenvalue weighted by Gasteiger charge is -2.25. The maximum atomic E-state index is 13.9. The molecule has 0 saturated carbocycles. The van der Waals surface area contributed by atoms with E-state index in [0.717, 1.165) is 20.0 Å². The zero-order chi connectivity index (χ0) is 28.2. The van der Waals surface area contributed by atoms with Gasteiger partial charge in [-0.2, -0.15) is 0 Å². The Bertz CT molecular complexity index is 1610. The number of ether oxygens (including phenoxy) is 3. The molecule has 0 fully saturated rings. The van der Waals surface area contributed by atoms with Gasteiger partial charge in [0, 0.05) is 10.4 Å². The Balaban J connectivity index is 1.67. The molecule has 1 aromatic heterocycles. The molecule has 0 saturated heterocycles. The van der Waals surface area contributed by atoms with E-state index in [1.54, 1.807) is 67.6 Å². The van der Waals surface area contributed by atoms with Crippen molar-refractivity contribution in [1.29, 1.82) is 0 Å². The van der Waals surface area contributed by atoms with Crippen molar-refractivity contribution in [2.24, 2.45) is 0 Å². The van der Waals surface area contributed by atoms with E-state index in [4.69, 9.17) is 14.2 Å². The Kier molecular flexibility index (Phi) is 8.41. The fraction of sp³-hybridized carbons (Fsp3) is 0.214. The van der Waals surface area contributed by atoms with Crippen LogP contribution in [-0.4, -0.2) is 47.7 Å². The molecule has 0 bridgehead atoms. The molecular formula is C28H28N2O7S2. The van der Waals surface area contributed by atoms with Crippen LogP contribution in [-0.2, 0) is 19.6 Å². The molecular weight excluding hydrogens is 540 g/mol. The fourth-order valence-corrected chi connectivity index (χ4v) is 6.57. The van der Waals surface area contributed by atoms with Crippen molar-refractivity contribution in [3.05, 3.63) is 77.2 Å². The van der Waals surface area contributed by atoms with Crippen LogP contribution in [0, 0.1) is 6.92 Å². The van der Waals surface area contributed by atoms with Gasteiger partial charge >= 0.3 is 5.97 Å². The van der Waals surface area contributed by atoms with Crippen molar-refractivity contribution in [2.75, 3.05) is 37.0 Å². The molecule has 39 heavy (non-hydrogen) atoms. The molecule has 1 amide bonds. The highest BCUT2D eigenvalue weighted by Crippen LogP contribution is 2.32. The Morgan fingerprint density at radius 1 is 0.974 bits per heavy atom. The first-order valence-corrected chi connectivity index (χ1v) is 14.2. The van der Waals surface area contributed by atoms with Crippen LogP contribution in [0.1, 0.15) is 22.2 Å². The SMILES string of the molecule is CCOc1ccc(N(CC(=O)Nc2ccc3sc(C(=O)OC)cc3c2)S(=O)(=O)c2cc(C)ccc2OC)cc1. The van der Waals surface area contributed by atoms with Crippen LogP contribution in [0.15, 0.2) is 71.6 Å². The number of fused-ring (bicyclic) bond motifs is 1. The number of rotatable bonds is 10. The summed E-state index contributed by atoms with van der Waals surface area (Å²) < 4.78 is 45.3. The number of carbonyl (C=O) groups excluding carboxylic acids is 2. The molecule has 0 unspecified atom stereocenters. The summed E-state index contributed by atoms with van der Waals surface area (Å²) in [6, 6.07) is 18.2. The molecule has 0 aliphatic rings. The van der Waals surface area contributed by atoms with Gasteiger partial charge in [0.1, 0.15) is 27.8 Å². The highest BCUT2D eigenvalue weighted by molar-refractivity contribution is 7.93. The normalized spacial score (nSPS) is 11.2. The Hall–Kier alpha value is -4.09. The number of sulfonamides is 1. The van der Waals surface area contributed by atoms with Crippen LogP contribution in [0.25, 0.3) is 10.1 Å². The highest BCUT2D eigenvalue weighted by atomic mass is 32.2. The number of anilines is 2. The van der Waals surface area contributed by atoms with Crippen LogP contribution in [0.2, 0.25) is 0 Å². The zero-order valence-electron chi connectivity index (χ0n) is 21.9. The number of esters is 1. The molecule has 0 aliphatic carbocycles. The van der Waals surface area contributed by atoms with E-state index >= 15 is 0 Å². The second kappa shape index (κ2) is 11.7. The summed E-state index contributed by atoms with van der Waals surface area (Å²) in [4.78, 5) is 25.5. The maximum absolute atomic E-state index is 13.9. The third kappa shape index (κ3) is 6.15. The van der Waals surface area contributed by atoms with Gasteiger partial charge in [-0.25, -0.2) is 13.2 Å². The molecule has 4 aromatic rings. The van der Waals surface area contributed by atoms with Crippen molar-refractivity contribution in [3.8, 4) is 11.5 Å². The Morgan fingerprint density at radius 2 is 1.72 bits per heavy atom. The molecule has 0 spiro atoms. The smallest absolute Gasteiger partial charge is 0.348 e. The number of amides is 1. The first-order chi connectivity index (χ1) is 18.7. The molecule has 0 radical (unpaired) electrons. The van der Waals surface area contributed by atoms with E-state index in [9.17, 15) is 18.0 Å². The minimum Gasteiger partial charge on any atom is -0.495 e. The van der Waals surface area contributed by atoms with Gasteiger partial charge < -0.3 is 19.5 Å². The lowest BCUT2D eigenvalue weighted by atomic mass is 10.2. The summed E-state index contributed by atoms with van der Waals surface area (Å²) in [6.45, 7) is 3.59. The number of benzene rings is 3. The van der Waals surface area contributed by atoms with Gasteiger partial charge in [0.25, 0.3) is 10.0 Å². The second-order valence-electron chi connectivity index (χ2n) is 8.50.